The van der Waals surface area contributed by atoms with Gasteiger partial charge < -0.3 is 0 Å². The van der Waals surface area contributed by atoms with Crippen LogP contribution in [0.5, 0.6) is 0 Å². The normalized spacial score (nSPS) is 20.5. The molecule has 0 amide bonds. The summed E-state index contributed by atoms with van der Waals surface area (Å²) in [5.74, 6) is 0. The van der Waals surface area contributed by atoms with Gasteiger partial charge in [0.15, 0.2) is 0 Å². The van der Waals surface area contributed by atoms with Crippen LogP contribution in [0.4, 0.5) is 0 Å². The van der Waals surface area contributed by atoms with E-state index in [0.29, 0.717) is 0 Å². The molecular formula is C16H26HfSi. The summed E-state index contributed by atoms with van der Waals surface area (Å²) in [6.45, 7) is 6.99. The Hall–Kier alpha value is 0.0470. The van der Waals surface area contributed by atoms with Crippen molar-refractivity contribution >= 4 is 6.94 Å². The molecule has 0 heterocycles. The average molecular weight is 425 g/mol. The van der Waals surface area contributed by atoms with E-state index in [4.69, 9.17) is 0 Å². The van der Waals surface area contributed by atoms with Crippen LogP contribution in [0.3, 0.4) is 0 Å². The van der Waals surface area contributed by atoms with Crippen molar-refractivity contribution in [3.63, 3.8) is 0 Å². The Morgan fingerprint density at radius 1 is 1.17 bits per heavy atom. The summed E-state index contributed by atoms with van der Waals surface area (Å²) in [6, 6.07) is 0. The van der Waals surface area contributed by atoms with Gasteiger partial charge in [0, 0.05) is 0 Å². The van der Waals surface area contributed by atoms with Gasteiger partial charge in [0.1, 0.15) is 0 Å². The Labute approximate surface area is 114 Å². The second-order valence-electron chi connectivity index (χ2n) is 6.69. The molecule has 98 valence electrons. The van der Waals surface area contributed by atoms with Crippen molar-refractivity contribution in [2.75, 3.05) is 0 Å². The van der Waals surface area contributed by atoms with Crippen LogP contribution in [-0.4, -0.2) is 6.94 Å². The van der Waals surface area contributed by atoms with Gasteiger partial charge in [-0.1, -0.05) is 0 Å². The van der Waals surface area contributed by atoms with Crippen LogP contribution in [0.25, 0.3) is 0 Å². The monoisotopic (exact) mass is 426 g/mol. The fourth-order valence-electron chi connectivity index (χ4n) is 3.17. The summed E-state index contributed by atoms with van der Waals surface area (Å²) in [5.41, 5.74) is 3.34. The van der Waals surface area contributed by atoms with Gasteiger partial charge in [0.05, 0.1) is 0 Å². The Bertz CT molecular complexity index is 550. The number of hydrogen-bond donors (Lipinski definition) is 0. The molecule has 0 saturated heterocycles. The molecule has 0 fully saturated rings. The van der Waals surface area contributed by atoms with Crippen LogP contribution >= 0.6 is 0 Å². The molecule has 0 spiro atoms. The van der Waals surface area contributed by atoms with E-state index in [1.807, 2.05) is 3.33 Å². The van der Waals surface area contributed by atoms with E-state index in [0.717, 1.165) is 0 Å². The van der Waals surface area contributed by atoms with Gasteiger partial charge in [0.25, 0.3) is 0 Å². The summed E-state index contributed by atoms with van der Waals surface area (Å²) < 4.78 is 8.87. The van der Waals surface area contributed by atoms with Crippen molar-refractivity contribution in [1.82, 2.24) is 0 Å². The maximum atomic E-state index is 2.63. The van der Waals surface area contributed by atoms with Crippen LogP contribution in [0, 0.1) is 0 Å². The topological polar surface area (TPSA) is 0 Å². The minimum absolute atomic E-state index is 1.21. The van der Waals surface area contributed by atoms with Crippen molar-refractivity contribution in [2.24, 2.45) is 0 Å². The molecule has 0 radical (unpaired) electrons. The van der Waals surface area contributed by atoms with Crippen LogP contribution in [0.2, 0.25) is 9.36 Å². The summed E-state index contributed by atoms with van der Waals surface area (Å²) in [7, 11) is 0. The molecule has 2 heteroatoms. The molecule has 0 unspecified atom stereocenters. The predicted octanol–water partition coefficient (Wildman–Crippen LogP) is 4.57. The molecule has 0 saturated carbocycles. The van der Waals surface area contributed by atoms with Gasteiger partial charge in [-0.2, -0.15) is 0 Å². The third kappa shape index (κ3) is 2.38. The second-order valence-corrected chi connectivity index (χ2v) is 48.0. The molecule has 18 heavy (non-hydrogen) atoms. The molecule has 2 rings (SSSR count). The summed E-state index contributed by atoms with van der Waals surface area (Å²) in [5, 5.41) is 0. The standard InChI is InChI=1S/C9H13.C5H5.2CH3.Hf.H2Si/c1-3-8-6-5-7-9(8)4-2;1-2-4-5-3-1;;;;/h6H,3-4,7H2,1-2H3;1-3H,4H2;2*1H3;;1H2. The Balaban J connectivity index is 2.37. The first kappa shape index (κ1) is 14.5. The van der Waals surface area contributed by atoms with E-state index in [-0.39, 0.29) is 0 Å². The van der Waals surface area contributed by atoms with Crippen molar-refractivity contribution in [1.29, 1.82) is 0 Å². The van der Waals surface area contributed by atoms with Crippen molar-refractivity contribution < 1.29 is 17.1 Å². The van der Waals surface area contributed by atoms with Gasteiger partial charge >= 0.3 is 115 Å². The molecule has 2 aliphatic rings. The van der Waals surface area contributed by atoms with E-state index >= 15 is 0 Å². The molecule has 0 aliphatic heterocycles. The zero-order valence-electron chi connectivity index (χ0n) is 12.3. The Morgan fingerprint density at radius 2 is 1.89 bits per heavy atom. The van der Waals surface area contributed by atoms with Crippen molar-refractivity contribution in [3.8, 4) is 0 Å². The van der Waals surface area contributed by atoms with E-state index < -0.39 is 17.1 Å². The molecule has 0 atom stereocenters. The first-order valence-corrected chi connectivity index (χ1v) is 26.3. The first-order chi connectivity index (χ1) is 8.37. The van der Waals surface area contributed by atoms with E-state index in [1.54, 1.807) is 14.5 Å². The van der Waals surface area contributed by atoms with Gasteiger partial charge in [-0.05, 0) is 0 Å². The molecule has 0 nitrogen and oxygen atoms in total. The number of allylic oxidation sites excluding steroid dienone is 8. The second kappa shape index (κ2) is 4.86. The summed E-state index contributed by atoms with van der Waals surface area (Å²) >= 11 is -2.88. The summed E-state index contributed by atoms with van der Waals surface area (Å²) in [4.78, 5) is 0. The van der Waals surface area contributed by atoms with Crippen LogP contribution in [-0.2, 0) is 17.1 Å². The fraction of sp³-hybridized carbons (Fsp3) is 0.500. The maximum absolute atomic E-state index is 2.88. The zero-order chi connectivity index (χ0) is 13.4. The Kier molecular flexibility index (Phi) is 3.90. The molecule has 0 aromatic carbocycles. The first-order valence-electron chi connectivity index (χ1n) is 7.23. The third-order valence-corrected chi connectivity index (χ3v) is 29.6. The van der Waals surface area contributed by atoms with E-state index in [9.17, 15) is 0 Å². The van der Waals surface area contributed by atoms with Gasteiger partial charge in [0.2, 0.25) is 0 Å². The minimum atomic E-state index is -2.88. The van der Waals surface area contributed by atoms with E-state index in [1.165, 1.54) is 25.7 Å². The molecule has 2 aliphatic carbocycles. The molecule has 0 bridgehead atoms. The van der Waals surface area contributed by atoms with Gasteiger partial charge in [-0.25, -0.2) is 0 Å². The quantitative estimate of drug-likeness (QED) is 0.580. The van der Waals surface area contributed by atoms with Crippen molar-refractivity contribution in [3.05, 3.63) is 42.1 Å². The zero-order valence-corrected chi connectivity index (χ0v) is 17.4. The predicted molar refractivity (Wildman–Crippen MR) is 82.4 cm³/mol. The van der Waals surface area contributed by atoms with Crippen molar-refractivity contribution in [2.45, 2.75) is 48.9 Å². The van der Waals surface area contributed by atoms with Crippen LogP contribution in [0.1, 0.15) is 39.5 Å². The molecular weight excluding hydrogens is 399 g/mol. The average Bonchev–Trinajstić information content (AvgIpc) is 2.98. The third-order valence-electron chi connectivity index (χ3n) is 4.85. The SMILES string of the molecule is CCC1=C(CC)C[C]([Hf]([CH3])([CH3])(=[SiH2])[C]2=CC=CC2)=C1. The van der Waals surface area contributed by atoms with Gasteiger partial charge in [-0.3, -0.25) is 0 Å². The molecule has 0 aromatic heterocycles. The molecule has 0 N–H and O–H groups in total. The Morgan fingerprint density at radius 3 is 2.33 bits per heavy atom. The van der Waals surface area contributed by atoms with Crippen LogP contribution in [0.15, 0.2) is 42.1 Å². The van der Waals surface area contributed by atoms with Gasteiger partial charge in [-0.15, -0.1) is 0 Å². The fourth-order valence-corrected chi connectivity index (χ4v) is 18.8. The van der Waals surface area contributed by atoms with E-state index in [2.05, 4.69) is 54.5 Å². The number of hydrogen-bond acceptors (Lipinski definition) is 0. The van der Waals surface area contributed by atoms with Crippen LogP contribution < -0.4 is 0 Å². The molecule has 0 aromatic rings. The summed E-state index contributed by atoms with van der Waals surface area (Å²) in [6.07, 6.45) is 14.5. The number of rotatable bonds is 4.